The number of aromatic nitrogens is 1. The molecule has 2 aromatic rings. The van der Waals surface area contributed by atoms with Gasteiger partial charge in [0.1, 0.15) is 5.69 Å². The first-order valence-corrected chi connectivity index (χ1v) is 8.25. The summed E-state index contributed by atoms with van der Waals surface area (Å²) in [6, 6.07) is 8.15. The number of nitro groups is 1. The van der Waals surface area contributed by atoms with Crippen LogP contribution in [0.5, 0.6) is 0 Å². The van der Waals surface area contributed by atoms with Crippen LogP contribution in [0.4, 0.5) is 11.4 Å². The van der Waals surface area contributed by atoms with Gasteiger partial charge in [-0.15, -0.1) is 0 Å². The largest absolute Gasteiger partial charge is 0.367 e. The van der Waals surface area contributed by atoms with Crippen molar-refractivity contribution in [2.24, 2.45) is 0 Å². The Morgan fingerprint density at radius 2 is 1.96 bits per heavy atom. The zero-order valence-corrected chi connectivity index (χ0v) is 14.4. The smallest absolute Gasteiger partial charge is 0.272 e. The maximum absolute atomic E-state index is 12.4. The summed E-state index contributed by atoms with van der Waals surface area (Å²) >= 11 is 6.27. The number of anilines is 1. The number of hydrogen-bond acceptors (Lipinski definition) is 5. The molecule has 1 saturated heterocycles. The van der Waals surface area contributed by atoms with Crippen LogP contribution in [0.25, 0.3) is 0 Å². The molecule has 3 rings (SSSR count). The maximum atomic E-state index is 12.4. The van der Waals surface area contributed by atoms with E-state index >= 15 is 0 Å². The average molecular weight is 361 g/mol. The quantitative estimate of drug-likeness (QED) is 0.621. The van der Waals surface area contributed by atoms with Crippen LogP contribution in [0, 0.1) is 17.0 Å². The van der Waals surface area contributed by atoms with E-state index in [1.165, 1.54) is 12.1 Å². The zero-order chi connectivity index (χ0) is 18.0. The number of piperazine rings is 1. The Labute approximate surface area is 150 Å². The van der Waals surface area contributed by atoms with E-state index in [-0.39, 0.29) is 11.6 Å². The SMILES string of the molecule is Cc1cc([N+](=O)[O-])cc(Cl)c1N1CCN(C(=O)c2ccccn2)CC1. The predicted octanol–water partition coefficient (Wildman–Crippen LogP) is 2.91. The van der Waals surface area contributed by atoms with E-state index in [0.717, 1.165) is 11.3 Å². The van der Waals surface area contributed by atoms with Crippen LogP contribution in [0.2, 0.25) is 5.02 Å². The molecule has 0 unspecified atom stereocenters. The number of aryl methyl sites for hydroxylation is 1. The first kappa shape index (κ1) is 17.2. The molecular formula is C17H17ClN4O3. The topological polar surface area (TPSA) is 79.6 Å². The van der Waals surface area contributed by atoms with E-state index < -0.39 is 4.92 Å². The van der Waals surface area contributed by atoms with Crippen LogP contribution >= 0.6 is 11.6 Å². The van der Waals surface area contributed by atoms with E-state index in [1.54, 1.807) is 36.2 Å². The third kappa shape index (κ3) is 3.56. The Hall–Kier alpha value is -2.67. The van der Waals surface area contributed by atoms with Gasteiger partial charge in [0.25, 0.3) is 11.6 Å². The second kappa shape index (κ2) is 7.06. The van der Waals surface area contributed by atoms with Crippen LogP contribution in [0.1, 0.15) is 16.1 Å². The summed E-state index contributed by atoms with van der Waals surface area (Å²) in [5.41, 5.74) is 1.96. The molecule has 25 heavy (non-hydrogen) atoms. The molecule has 0 bridgehead atoms. The molecule has 1 fully saturated rings. The third-order valence-corrected chi connectivity index (χ3v) is 4.50. The molecule has 0 radical (unpaired) electrons. The van der Waals surface area contributed by atoms with E-state index in [2.05, 4.69) is 9.88 Å². The number of rotatable bonds is 3. The van der Waals surface area contributed by atoms with Crippen molar-refractivity contribution < 1.29 is 9.72 Å². The molecule has 2 heterocycles. The molecule has 1 aromatic carbocycles. The lowest BCUT2D eigenvalue weighted by Gasteiger charge is -2.37. The number of amides is 1. The Morgan fingerprint density at radius 3 is 2.52 bits per heavy atom. The van der Waals surface area contributed by atoms with Crippen LogP contribution < -0.4 is 4.90 Å². The highest BCUT2D eigenvalue weighted by Gasteiger charge is 2.25. The van der Waals surface area contributed by atoms with Gasteiger partial charge in [0.15, 0.2) is 0 Å². The minimum atomic E-state index is -0.452. The van der Waals surface area contributed by atoms with Gasteiger partial charge in [0, 0.05) is 44.5 Å². The lowest BCUT2D eigenvalue weighted by molar-refractivity contribution is -0.384. The summed E-state index contributed by atoms with van der Waals surface area (Å²) in [5.74, 6) is -0.0910. The van der Waals surface area contributed by atoms with Gasteiger partial charge in [-0.05, 0) is 24.6 Å². The first-order chi connectivity index (χ1) is 12.0. The van der Waals surface area contributed by atoms with Crippen LogP contribution in [0.15, 0.2) is 36.5 Å². The average Bonchev–Trinajstić information content (AvgIpc) is 2.61. The van der Waals surface area contributed by atoms with E-state index in [0.29, 0.717) is 36.9 Å². The molecule has 7 nitrogen and oxygen atoms in total. The number of benzene rings is 1. The fourth-order valence-electron chi connectivity index (χ4n) is 3.01. The first-order valence-electron chi connectivity index (χ1n) is 7.87. The molecule has 1 aliphatic rings. The van der Waals surface area contributed by atoms with Gasteiger partial charge in [-0.25, -0.2) is 0 Å². The van der Waals surface area contributed by atoms with Gasteiger partial charge in [-0.1, -0.05) is 17.7 Å². The van der Waals surface area contributed by atoms with Crippen molar-refractivity contribution in [3.8, 4) is 0 Å². The zero-order valence-electron chi connectivity index (χ0n) is 13.7. The van der Waals surface area contributed by atoms with E-state index in [9.17, 15) is 14.9 Å². The van der Waals surface area contributed by atoms with Crippen LogP contribution in [-0.4, -0.2) is 46.9 Å². The second-order valence-electron chi connectivity index (χ2n) is 5.84. The van der Waals surface area contributed by atoms with E-state index in [1.807, 2.05) is 0 Å². The summed E-state index contributed by atoms with van der Waals surface area (Å²) in [6.45, 7) is 4.11. The normalized spacial score (nSPS) is 14.5. The monoisotopic (exact) mass is 360 g/mol. The molecule has 0 aliphatic carbocycles. The lowest BCUT2D eigenvalue weighted by Crippen LogP contribution is -2.49. The van der Waals surface area contributed by atoms with Gasteiger partial charge in [0.2, 0.25) is 0 Å². The Morgan fingerprint density at radius 1 is 1.24 bits per heavy atom. The van der Waals surface area contributed by atoms with Crippen LogP contribution in [0.3, 0.4) is 0 Å². The summed E-state index contributed by atoms with van der Waals surface area (Å²) in [7, 11) is 0. The number of halogens is 1. The number of carbonyl (C=O) groups excluding carboxylic acids is 1. The van der Waals surface area contributed by atoms with Crippen molar-refractivity contribution >= 4 is 28.9 Å². The number of pyridine rings is 1. The summed E-state index contributed by atoms with van der Waals surface area (Å²) in [5, 5.41) is 11.3. The molecule has 8 heteroatoms. The van der Waals surface area contributed by atoms with Crippen molar-refractivity contribution in [2.45, 2.75) is 6.92 Å². The highest BCUT2D eigenvalue weighted by Crippen LogP contribution is 2.34. The lowest BCUT2D eigenvalue weighted by atomic mass is 10.1. The number of non-ortho nitro benzene ring substituents is 1. The van der Waals surface area contributed by atoms with Crippen molar-refractivity contribution in [3.63, 3.8) is 0 Å². The van der Waals surface area contributed by atoms with Gasteiger partial charge < -0.3 is 9.80 Å². The van der Waals surface area contributed by atoms with Gasteiger partial charge in [-0.2, -0.15) is 0 Å². The second-order valence-corrected chi connectivity index (χ2v) is 6.25. The number of nitro benzene ring substituents is 1. The standard InChI is InChI=1S/C17H17ClN4O3/c1-12-10-13(22(24)25)11-14(18)16(12)20-6-8-21(9-7-20)17(23)15-4-2-3-5-19-15/h2-5,10-11H,6-9H2,1H3. The molecule has 1 amide bonds. The molecule has 1 aliphatic heterocycles. The summed E-state index contributed by atoms with van der Waals surface area (Å²) in [4.78, 5) is 30.8. The molecule has 1 aromatic heterocycles. The Kier molecular flexibility index (Phi) is 4.85. The Balaban J connectivity index is 1.73. The van der Waals surface area contributed by atoms with Crippen molar-refractivity contribution in [2.75, 3.05) is 31.1 Å². The number of nitrogens with zero attached hydrogens (tertiary/aromatic N) is 4. The maximum Gasteiger partial charge on any atom is 0.272 e. The minimum absolute atomic E-state index is 0.0183. The van der Waals surface area contributed by atoms with Crippen molar-refractivity contribution in [1.29, 1.82) is 0 Å². The Bertz CT molecular complexity index is 782. The molecular weight excluding hydrogens is 344 g/mol. The summed E-state index contributed by atoms with van der Waals surface area (Å²) < 4.78 is 0. The van der Waals surface area contributed by atoms with Crippen molar-refractivity contribution in [1.82, 2.24) is 9.88 Å². The molecule has 0 spiro atoms. The highest BCUT2D eigenvalue weighted by molar-refractivity contribution is 6.33. The molecule has 0 N–H and O–H groups in total. The fourth-order valence-corrected chi connectivity index (χ4v) is 3.39. The number of hydrogen-bond donors (Lipinski definition) is 0. The highest BCUT2D eigenvalue weighted by atomic mass is 35.5. The van der Waals surface area contributed by atoms with Gasteiger partial charge in [-0.3, -0.25) is 19.9 Å². The summed E-state index contributed by atoms with van der Waals surface area (Å²) in [6.07, 6.45) is 1.60. The van der Waals surface area contributed by atoms with Gasteiger partial charge >= 0.3 is 0 Å². The third-order valence-electron chi connectivity index (χ3n) is 4.22. The fraction of sp³-hybridized carbons (Fsp3) is 0.294. The molecule has 0 atom stereocenters. The van der Waals surface area contributed by atoms with Crippen molar-refractivity contribution in [3.05, 3.63) is 62.9 Å². The molecule has 0 saturated carbocycles. The number of carbonyl (C=O) groups is 1. The van der Waals surface area contributed by atoms with E-state index in [4.69, 9.17) is 11.6 Å². The van der Waals surface area contributed by atoms with Gasteiger partial charge in [0.05, 0.1) is 15.6 Å². The molecule has 130 valence electrons. The minimum Gasteiger partial charge on any atom is -0.367 e. The predicted molar refractivity (Wildman–Crippen MR) is 95.2 cm³/mol. The van der Waals surface area contributed by atoms with Crippen LogP contribution in [-0.2, 0) is 0 Å².